The van der Waals surface area contributed by atoms with Gasteiger partial charge >= 0.3 is 0 Å². The Kier molecular flexibility index (Phi) is 2.18. The average Bonchev–Trinajstić information content (AvgIpc) is 2.32. The number of aromatic nitrogens is 2. The van der Waals surface area contributed by atoms with E-state index >= 15 is 0 Å². The number of nitrogens with zero attached hydrogens (tertiary/aromatic N) is 3. The maximum absolute atomic E-state index is 12.4. The van der Waals surface area contributed by atoms with Gasteiger partial charge in [-0.15, -0.1) is 0 Å². The minimum absolute atomic E-state index is 0.0836. The molecule has 17 heavy (non-hydrogen) atoms. The van der Waals surface area contributed by atoms with Crippen LogP contribution in [0.3, 0.4) is 0 Å². The predicted molar refractivity (Wildman–Crippen MR) is 68.6 cm³/mol. The molecule has 0 radical (unpaired) electrons. The minimum Gasteiger partial charge on any atom is -0.345 e. The van der Waals surface area contributed by atoms with Crippen LogP contribution < -0.4 is 10.5 Å². The Labute approximate surface area is 99.5 Å². The third-order valence-corrected chi connectivity index (χ3v) is 3.31. The first kappa shape index (κ1) is 10.3. The molecule has 1 aromatic carbocycles. The van der Waals surface area contributed by atoms with Crippen molar-refractivity contribution in [3.8, 4) is 0 Å². The van der Waals surface area contributed by atoms with Gasteiger partial charge in [-0.05, 0) is 25.5 Å². The molecule has 0 unspecified atom stereocenters. The van der Waals surface area contributed by atoms with Crippen molar-refractivity contribution in [2.24, 2.45) is 0 Å². The summed E-state index contributed by atoms with van der Waals surface area (Å²) in [4.78, 5) is 19.0. The van der Waals surface area contributed by atoms with Crippen molar-refractivity contribution < 1.29 is 0 Å². The Balaban J connectivity index is 2.39. The van der Waals surface area contributed by atoms with E-state index in [4.69, 9.17) is 0 Å². The van der Waals surface area contributed by atoms with Crippen LogP contribution in [0.5, 0.6) is 0 Å². The van der Waals surface area contributed by atoms with E-state index in [-0.39, 0.29) is 5.56 Å². The van der Waals surface area contributed by atoms with Crippen LogP contribution in [0.4, 0.5) is 5.95 Å². The van der Waals surface area contributed by atoms with E-state index in [1.54, 1.807) is 4.57 Å². The lowest BCUT2D eigenvalue weighted by molar-refractivity contribution is 0.557. The quantitative estimate of drug-likeness (QED) is 0.688. The summed E-state index contributed by atoms with van der Waals surface area (Å²) in [5.41, 5.74) is 1.97. The molecule has 0 amide bonds. The molecule has 0 atom stereocenters. The van der Waals surface area contributed by atoms with E-state index in [1.807, 2.05) is 37.1 Å². The van der Waals surface area contributed by atoms with Crippen LogP contribution >= 0.6 is 0 Å². The molecule has 0 saturated heterocycles. The molecule has 2 aromatic rings. The van der Waals surface area contributed by atoms with Crippen LogP contribution in [-0.4, -0.2) is 23.1 Å². The third-order valence-electron chi connectivity index (χ3n) is 3.31. The molecule has 3 rings (SSSR count). The van der Waals surface area contributed by atoms with Crippen LogP contribution in [0.15, 0.2) is 23.0 Å². The van der Waals surface area contributed by atoms with Gasteiger partial charge in [0.25, 0.3) is 5.56 Å². The Bertz CT molecular complexity index is 645. The highest BCUT2D eigenvalue weighted by molar-refractivity contribution is 5.79. The fourth-order valence-corrected chi connectivity index (χ4v) is 2.38. The smallest absolute Gasteiger partial charge is 0.262 e. The lowest BCUT2D eigenvalue weighted by atomic mass is 10.1. The SMILES string of the molecule is Cc1ccc2nc3n(c(=O)c2c1)CCCN3C. The molecular weight excluding hydrogens is 214 g/mol. The molecule has 88 valence electrons. The van der Waals surface area contributed by atoms with E-state index in [2.05, 4.69) is 4.98 Å². The zero-order valence-electron chi connectivity index (χ0n) is 10.1. The number of anilines is 1. The molecule has 1 aromatic heterocycles. The van der Waals surface area contributed by atoms with E-state index in [0.29, 0.717) is 0 Å². The Morgan fingerprint density at radius 1 is 1.29 bits per heavy atom. The summed E-state index contributed by atoms with van der Waals surface area (Å²) in [6.45, 7) is 3.73. The topological polar surface area (TPSA) is 38.1 Å². The highest BCUT2D eigenvalue weighted by Crippen LogP contribution is 2.18. The van der Waals surface area contributed by atoms with E-state index in [9.17, 15) is 4.79 Å². The summed E-state index contributed by atoms with van der Waals surface area (Å²) in [7, 11) is 1.98. The molecule has 1 aliphatic rings. The zero-order chi connectivity index (χ0) is 12.0. The molecule has 1 aliphatic heterocycles. The lowest BCUT2D eigenvalue weighted by Crippen LogP contribution is -2.36. The summed E-state index contributed by atoms with van der Waals surface area (Å²) < 4.78 is 1.78. The van der Waals surface area contributed by atoms with E-state index in [0.717, 1.165) is 41.9 Å². The normalized spacial score (nSPS) is 15.1. The van der Waals surface area contributed by atoms with Gasteiger partial charge in [-0.1, -0.05) is 11.6 Å². The van der Waals surface area contributed by atoms with Gasteiger partial charge in [-0.25, -0.2) is 4.98 Å². The first-order valence-electron chi connectivity index (χ1n) is 5.89. The van der Waals surface area contributed by atoms with Gasteiger partial charge in [0, 0.05) is 20.1 Å². The fraction of sp³-hybridized carbons (Fsp3) is 0.385. The summed E-state index contributed by atoms with van der Waals surface area (Å²) in [6.07, 6.45) is 1.00. The number of fused-ring (bicyclic) bond motifs is 2. The Hall–Kier alpha value is -1.84. The predicted octanol–water partition coefficient (Wildman–Crippen LogP) is 1.54. The second-order valence-electron chi connectivity index (χ2n) is 4.66. The maximum atomic E-state index is 12.4. The number of benzene rings is 1. The molecule has 2 heterocycles. The highest BCUT2D eigenvalue weighted by Gasteiger charge is 2.17. The maximum Gasteiger partial charge on any atom is 0.262 e. The highest BCUT2D eigenvalue weighted by atomic mass is 16.1. The van der Waals surface area contributed by atoms with Gasteiger partial charge in [0.15, 0.2) is 0 Å². The molecule has 0 N–H and O–H groups in total. The molecule has 0 bridgehead atoms. The van der Waals surface area contributed by atoms with E-state index < -0.39 is 0 Å². The number of hydrogen-bond acceptors (Lipinski definition) is 3. The van der Waals surface area contributed by atoms with Crippen LogP contribution in [-0.2, 0) is 6.54 Å². The summed E-state index contributed by atoms with van der Waals surface area (Å²) >= 11 is 0. The largest absolute Gasteiger partial charge is 0.345 e. The Morgan fingerprint density at radius 3 is 2.94 bits per heavy atom. The van der Waals surface area contributed by atoms with Crippen molar-refractivity contribution in [1.82, 2.24) is 9.55 Å². The third kappa shape index (κ3) is 1.52. The van der Waals surface area contributed by atoms with Crippen LogP contribution in [0.1, 0.15) is 12.0 Å². The second kappa shape index (κ2) is 3.58. The fourth-order valence-electron chi connectivity index (χ4n) is 2.38. The molecule has 0 fully saturated rings. The summed E-state index contributed by atoms with van der Waals surface area (Å²) in [5.74, 6) is 0.789. The molecular formula is C13H15N3O. The van der Waals surface area contributed by atoms with Gasteiger partial charge in [-0.3, -0.25) is 9.36 Å². The van der Waals surface area contributed by atoms with Crippen molar-refractivity contribution in [3.63, 3.8) is 0 Å². The molecule has 0 saturated carbocycles. The summed E-state index contributed by atoms with van der Waals surface area (Å²) in [6, 6.07) is 5.84. The van der Waals surface area contributed by atoms with Gasteiger partial charge in [0.2, 0.25) is 5.95 Å². The second-order valence-corrected chi connectivity index (χ2v) is 4.66. The zero-order valence-corrected chi connectivity index (χ0v) is 10.1. The van der Waals surface area contributed by atoms with Crippen LogP contribution in [0.25, 0.3) is 10.9 Å². The van der Waals surface area contributed by atoms with Crippen LogP contribution in [0, 0.1) is 6.92 Å². The van der Waals surface area contributed by atoms with Crippen molar-refractivity contribution in [1.29, 1.82) is 0 Å². The van der Waals surface area contributed by atoms with Gasteiger partial charge in [-0.2, -0.15) is 0 Å². The monoisotopic (exact) mass is 229 g/mol. The standard InChI is InChI=1S/C13H15N3O/c1-9-4-5-11-10(8-9)12(17)16-7-3-6-15(2)13(16)14-11/h4-5,8H,3,6-7H2,1-2H3. The average molecular weight is 229 g/mol. The number of aryl methyl sites for hydroxylation is 1. The first-order chi connectivity index (χ1) is 8.16. The molecule has 0 spiro atoms. The first-order valence-corrected chi connectivity index (χ1v) is 5.89. The van der Waals surface area contributed by atoms with E-state index in [1.165, 1.54) is 0 Å². The molecule has 0 aliphatic carbocycles. The Morgan fingerprint density at radius 2 is 2.12 bits per heavy atom. The minimum atomic E-state index is 0.0836. The summed E-state index contributed by atoms with van der Waals surface area (Å²) in [5, 5.41) is 0.726. The lowest BCUT2D eigenvalue weighted by Gasteiger charge is -2.27. The van der Waals surface area contributed by atoms with Gasteiger partial charge in [0.05, 0.1) is 10.9 Å². The number of rotatable bonds is 0. The van der Waals surface area contributed by atoms with Crippen molar-refractivity contribution >= 4 is 16.9 Å². The van der Waals surface area contributed by atoms with Crippen molar-refractivity contribution in [2.75, 3.05) is 18.5 Å². The van der Waals surface area contributed by atoms with Gasteiger partial charge in [0.1, 0.15) is 0 Å². The van der Waals surface area contributed by atoms with Crippen LogP contribution in [0.2, 0.25) is 0 Å². The molecule has 4 nitrogen and oxygen atoms in total. The molecule has 4 heteroatoms. The number of hydrogen-bond donors (Lipinski definition) is 0. The van der Waals surface area contributed by atoms with Crippen molar-refractivity contribution in [3.05, 3.63) is 34.1 Å². The van der Waals surface area contributed by atoms with Gasteiger partial charge < -0.3 is 4.90 Å². The van der Waals surface area contributed by atoms with Crippen molar-refractivity contribution in [2.45, 2.75) is 19.9 Å².